The van der Waals surface area contributed by atoms with E-state index in [1.807, 2.05) is 20.8 Å². The number of nitrogens with two attached hydrogens (primary N) is 1. The third kappa shape index (κ3) is 3.88. The molecule has 0 aliphatic heterocycles. The van der Waals surface area contributed by atoms with E-state index in [9.17, 15) is 13.6 Å². The lowest BCUT2D eigenvalue weighted by atomic mass is 9.86. The molecule has 0 saturated carbocycles. The number of hydrogen-bond donors (Lipinski definition) is 2. The lowest BCUT2D eigenvalue weighted by molar-refractivity contribution is 0.0901. The van der Waals surface area contributed by atoms with Crippen LogP contribution in [0.25, 0.3) is 0 Å². The number of hydrogen-bond acceptors (Lipinski definition) is 2. The van der Waals surface area contributed by atoms with E-state index in [4.69, 9.17) is 17.3 Å². The van der Waals surface area contributed by atoms with Gasteiger partial charge >= 0.3 is 0 Å². The van der Waals surface area contributed by atoms with Crippen LogP contribution in [-0.4, -0.2) is 18.5 Å². The van der Waals surface area contributed by atoms with Crippen LogP contribution in [0, 0.1) is 17.0 Å². The van der Waals surface area contributed by atoms with Crippen molar-refractivity contribution in [3.63, 3.8) is 0 Å². The average molecular weight is 291 g/mol. The molecule has 1 aromatic carbocycles. The van der Waals surface area contributed by atoms with Gasteiger partial charge in [-0.15, -0.1) is 0 Å². The highest BCUT2D eigenvalue weighted by molar-refractivity contribution is 6.30. The second kappa shape index (κ2) is 5.84. The molecule has 1 aromatic rings. The van der Waals surface area contributed by atoms with E-state index in [-0.39, 0.29) is 28.6 Å². The molecular formula is C13H17ClF2N2O. The first-order valence-electron chi connectivity index (χ1n) is 5.82. The number of carbonyl (C=O) groups is 1. The van der Waals surface area contributed by atoms with Crippen LogP contribution in [-0.2, 0) is 0 Å². The quantitative estimate of drug-likeness (QED) is 0.841. The van der Waals surface area contributed by atoms with Crippen LogP contribution in [0.5, 0.6) is 0 Å². The molecule has 0 saturated heterocycles. The van der Waals surface area contributed by atoms with Gasteiger partial charge < -0.3 is 11.1 Å². The molecule has 0 aliphatic carbocycles. The normalized spacial score (nSPS) is 13.2. The number of amides is 1. The molecule has 0 spiro atoms. The fourth-order valence-electron chi connectivity index (χ4n) is 1.56. The fourth-order valence-corrected chi connectivity index (χ4v) is 1.71. The molecule has 106 valence electrons. The molecule has 1 unspecified atom stereocenters. The molecule has 3 N–H and O–H groups in total. The summed E-state index contributed by atoms with van der Waals surface area (Å²) in [5.74, 6) is -2.42. The number of rotatable bonds is 3. The Hall–Kier alpha value is -1.20. The van der Waals surface area contributed by atoms with Gasteiger partial charge in [0.2, 0.25) is 0 Å². The highest BCUT2D eigenvalue weighted by atomic mass is 35.5. The first-order chi connectivity index (χ1) is 8.66. The Kier molecular flexibility index (Phi) is 4.87. The lowest BCUT2D eigenvalue weighted by Gasteiger charge is -2.30. The molecule has 0 radical (unpaired) electrons. The standard InChI is InChI=1S/C13H17ClF2N2O/c1-13(2,3)11(6-17)18-12(19)7-4-10(16)8(14)5-9(7)15/h4-5,11H,6,17H2,1-3H3,(H,18,19). The second-order valence-electron chi connectivity index (χ2n) is 5.37. The number of nitrogens with one attached hydrogen (secondary N) is 1. The van der Waals surface area contributed by atoms with E-state index in [1.54, 1.807) is 0 Å². The predicted molar refractivity (Wildman–Crippen MR) is 71.1 cm³/mol. The van der Waals surface area contributed by atoms with Gasteiger partial charge in [0.25, 0.3) is 5.91 Å². The highest BCUT2D eigenvalue weighted by Gasteiger charge is 2.26. The minimum Gasteiger partial charge on any atom is -0.347 e. The molecule has 19 heavy (non-hydrogen) atoms. The maximum Gasteiger partial charge on any atom is 0.254 e. The van der Waals surface area contributed by atoms with E-state index < -0.39 is 17.5 Å². The van der Waals surface area contributed by atoms with Gasteiger partial charge in [-0.25, -0.2) is 8.78 Å². The molecule has 0 aromatic heterocycles. The Morgan fingerprint density at radius 3 is 2.42 bits per heavy atom. The number of benzene rings is 1. The van der Waals surface area contributed by atoms with Gasteiger partial charge in [0, 0.05) is 12.6 Å². The Balaban J connectivity index is 2.99. The maximum absolute atomic E-state index is 13.6. The van der Waals surface area contributed by atoms with Crippen molar-refractivity contribution >= 4 is 17.5 Å². The summed E-state index contributed by atoms with van der Waals surface area (Å²) in [7, 11) is 0. The van der Waals surface area contributed by atoms with E-state index in [1.165, 1.54) is 0 Å². The molecule has 0 heterocycles. The highest BCUT2D eigenvalue weighted by Crippen LogP contribution is 2.21. The van der Waals surface area contributed by atoms with E-state index in [0.717, 1.165) is 12.1 Å². The van der Waals surface area contributed by atoms with Gasteiger partial charge in [-0.2, -0.15) is 0 Å². The summed E-state index contributed by atoms with van der Waals surface area (Å²) in [4.78, 5) is 11.9. The van der Waals surface area contributed by atoms with Crippen molar-refractivity contribution < 1.29 is 13.6 Å². The third-order valence-electron chi connectivity index (χ3n) is 2.84. The minimum absolute atomic E-state index is 0.201. The van der Waals surface area contributed by atoms with Crippen molar-refractivity contribution in [3.05, 3.63) is 34.4 Å². The van der Waals surface area contributed by atoms with Crippen LogP contribution in [0.4, 0.5) is 8.78 Å². The molecule has 6 heteroatoms. The molecule has 1 rings (SSSR count). The third-order valence-corrected chi connectivity index (χ3v) is 3.13. The van der Waals surface area contributed by atoms with Crippen molar-refractivity contribution in [2.45, 2.75) is 26.8 Å². The molecule has 0 bridgehead atoms. The summed E-state index contributed by atoms with van der Waals surface area (Å²) < 4.78 is 26.9. The second-order valence-corrected chi connectivity index (χ2v) is 5.78. The number of carbonyl (C=O) groups excluding carboxylic acids is 1. The Labute approximate surface area is 116 Å². The summed E-state index contributed by atoms with van der Waals surface area (Å²) in [6.45, 7) is 5.88. The van der Waals surface area contributed by atoms with E-state index >= 15 is 0 Å². The monoisotopic (exact) mass is 290 g/mol. The maximum atomic E-state index is 13.6. The van der Waals surface area contributed by atoms with Crippen LogP contribution >= 0.6 is 11.6 Å². The van der Waals surface area contributed by atoms with Crippen LogP contribution in [0.2, 0.25) is 5.02 Å². The summed E-state index contributed by atoms with van der Waals surface area (Å²) in [6, 6.07) is 1.21. The van der Waals surface area contributed by atoms with Crippen molar-refractivity contribution in [2.75, 3.05) is 6.54 Å². The van der Waals surface area contributed by atoms with Crippen molar-refractivity contribution in [1.82, 2.24) is 5.32 Å². The number of halogens is 3. The SMILES string of the molecule is CC(C)(C)C(CN)NC(=O)c1cc(F)c(Cl)cc1F. The zero-order valence-electron chi connectivity index (χ0n) is 11.1. The van der Waals surface area contributed by atoms with Crippen LogP contribution < -0.4 is 11.1 Å². The van der Waals surface area contributed by atoms with Crippen molar-refractivity contribution in [1.29, 1.82) is 0 Å². The van der Waals surface area contributed by atoms with E-state index in [0.29, 0.717) is 0 Å². The van der Waals surface area contributed by atoms with Gasteiger partial charge in [-0.1, -0.05) is 32.4 Å². The van der Waals surface area contributed by atoms with E-state index in [2.05, 4.69) is 5.32 Å². The predicted octanol–water partition coefficient (Wildman–Crippen LogP) is 2.72. The van der Waals surface area contributed by atoms with Gasteiger partial charge in [0.05, 0.1) is 10.6 Å². The fraction of sp³-hybridized carbons (Fsp3) is 0.462. The molecule has 0 aliphatic rings. The van der Waals surface area contributed by atoms with Crippen molar-refractivity contribution in [3.8, 4) is 0 Å². The lowest BCUT2D eigenvalue weighted by Crippen LogP contribution is -2.48. The van der Waals surface area contributed by atoms with Crippen LogP contribution in [0.15, 0.2) is 12.1 Å². The van der Waals surface area contributed by atoms with Crippen molar-refractivity contribution in [2.24, 2.45) is 11.1 Å². The zero-order valence-corrected chi connectivity index (χ0v) is 11.8. The summed E-state index contributed by atoms with van der Waals surface area (Å²) >= 11 is 5.43. The molecule has 0 fully saturated rings. The summed E-state index contributed by atoms with van der Waals surface area (Å²) in [5, 5.41) is 2.24. The van der Waals surface area contributed by atoms with Gasteiger partial charge in [0.15, 0.2) is 0 Å². The average Bonchev–Trinajstić information content (AvgIpc) is 2.28. The van der Waals surface area contributed by atoms with Crippen LogP contribution in [0.1, 0.15) is 31.1 Å². The Morgan fingerprint density at radius 1 is 1.37 bits per heavy atom. The van der Waals surface area contributed by atoms with Gasteiger partial charge in [-0.05, 0) is 17.5 Å². The largest absolute Gasteiger partial charge is 0.347 e. The van der Waals surface area contributed by atoms with Gasteiger partial charge in [-0.3, -0.25) is 4.79 Å². The molecule has 1 atom stereocenters. The first kappa shape index (κ1) is 15.9. The zero-order chi connectivity index (χ0) is 14.8. The summed E-state index contributed by atoms with van der Waals surface area (Å²) in [5.41, 5.74) is 4.90. The molecule has 3 nitrogen and oxygen atoms in total. The van der Waals surface area contributed by atoms with Crippen LogP contribution in [0.3, 0.4) is 0 Å². The Morgan fingerprint density at radius 2 is 1.95 bits per heavy atom. The first-order valence-corrected chi connectivity index (χ1v) is 6.20. The molecular weight excluding hydrogens is 274 g/mol. The molecule has 1 amide bonds. The Bertz CT molecular complexity index is 486. The minimum atomic E-state index is -0.867. The topological polar surface area (TPSA) is 55.1 Å². The van der Waals surface area contributed by atoms with Gasteiger partial charge in [0.1, 0.15) is 11.6 Å². The smallest absolute Gasteiger partial charge is 0.254 e. The summed E-state index contributed by atoms with van der Waals surface area (Å²) in [6.07, 6.45) is 0.